The van der Waals surface area contributed by atoms with E-state index in [4.69, 9.17) is 17.3 Å². The molecule has 3 aromatic carbocycles. The van der Waals surface area contributed by atoms with Gasteiger partial charge in [0, 0.05) is 35.5 Å². The number of halogens is 1. The number of anilines is 2. The van der Waals surface area contributed by atoms with E-state index in [1.54, 1.807) is 12.1 Å². The van der Waals surface area contributed by atoms with Crippen molar-refractivity contribution in [3.05, 3.63) is 95.0 Å². The number of hydrogen-bond acceptors (Lipinski definition) is 4. The maximum atomic E-state index is 12.4. The Labute approximate surface area is 211 Å². The molecule has 2 amide bonds. The van der Waals surface area contributed by atoms with Crippen LogP contribution in [0.25, 0.3) is 0 Å². The molecule has 1 aliphatic rings. The summed E-state index contributed by atoms with van der Waals surface area (Å²) in [6, 6.07) is 25.1. The van der Waals surface area contributed by atoms with Gasteiger partial charge in [0.15, 0.2) is 0 Å². The highest BCUT2D eigenvalue weighted by Crippen LogP contribution is 2.23. The number of nitrogens with one attached hydrogen (secondary N) is 2. The van der Waals surface area contributed by atoms with Crippen molar-refractivity contribution >= 4 is 34.8 Å². The first kappa shape index (κ1) is 24.8. The van der Waals surface area contributed by atoms with Crippen LogP contribution in [-0.2, 0) is 22.4 Å². The van der Waals surface area contributed by atoms with E-state index in [-0.39, 0.29) is 30.3 Å². The fraction of sp³-hybridized carbons (Fsp3) is 0.286. The van der Waals surface area contributed by atoms with Gasteiger partial charge in [-0.2, -0.15) is 0 Å². The van der Waals surface area contributed by atoms with Crippen LogP contribution in [0.4, 0.5) is 11.4 Å². The zero-order valence-electron chi connectivity index (χ0n) is 19.6. The van der Waals surface area contributed by atoms with Gasteiger partial charge in [0.1, 0.15) is 0 Å². The molecule has 1 fully saturated rings. The van der Waals surface area contributed by atoms with Gasteiger partial charge in [-0.15, -0.1) is 0 Å². The zero-order valence-corrected chi connectivity index (χ0v) is 20.4. The van der Waals surface area contributed by atoms with Crippen molar-refractivity contribution in [1.29, 1.82) is 0 Å². The third-order valence-electron chi connectivity index (χ3n) is 6.33. The molecule has 1 aliphatic heterocycles. The van der Waals surface area contributed by atoms with Crippen LogP contribution in [0.3, 0.4) is 0 Å². The molecule has 0 radical (unpaired) electrons. The number of primary amides is 1. The molecule has 3 aromatic rings. The number of nitrogens with two attached hydrogens (primary N) is 1. The van der Waals surface area contributed by atoms with E-state index >= 15 is 0 Å². The summed E-state index contributed by atoms with van der Waals surface area (Å²) in [5.41, 5.74) is 9.53. The summed E-state index contributed by atoms with van der Waals surface area (Å²) in [4.78, 5) is 26.7. The standard InChI is InChI=1S/C28H31ClN4O2/c29-22-8-4-7-21(17-22)19-27(34)32-23-9-11-25(12-10-23)33-15-13-24(14-16-33)31-26(28(30)35)18-20-5-2-1-3-6-20/h1-12,17,24,26,31H,13-16,18-19H2,(H2,30,35)(H,32,34)/t26-/m0/s1. The van der Waals surface area contributed by atoms with Gasteiger partial charge in [-0.25, -0.2) is 0 Å². The topological polar surface area (TPSA) is 87.5 Å². The van der Waals surface area contributed by atoms with E-state index in [1.807, 2.05) is 66.7 Å². The van der Waals surface area contributed by atoms with Gasteiger partial charge in [-0.05, 0) is 66.8 Å². The number of rotatable bonds is 9. The predicted molar refractivity (Wildman–Crippen MR) is 142 cm³/mol. The average Bonchev–Trinajstić information content (AvgIpc) is 2.85. The van der Waals surface area contributed by atoms with E-state index in [1.165, 1.54) is 0 Å². The van der Waals surface area contributed by atoms with Crippen molar-refractivity contribution in [3.63, 3.8) is 0 Å². The minimum Gasteiger partial charge on any atom is -0.371 e. The van der Waals surface area contributed by atoms with Crippen LogP contribution in [0.5, 0.6) is 0 Å². The van der Waals surface area contributed by atoms with Crippen molar-refractivity contribution in [1.82, 2.24) is 5.32 Å². The molecular formula is C28H31ClN4O2. The minimum atomic E-state index is -0.372. The van der Waals surface area contributed by atoms with E-state index < -0.39 is 0 Å². The minimum absolute atomic E-state index is 0.0774. The summed E-state index contributed by atoms with van der Waals surface area (Å²) >= 11 is 6.00. The summed E-state index contributed by atoms with van der Waals surface area (Å²) in [7, 11) is 0. The fourth-order valence-corrected chi connectivity index (χ4v) is 4.69. The van der Waals surface area contributed by atoms with Crippen molar-refractivity contribution in [3.8, 4) is 0 Å². The number of amides is 2. The van der Waals surface area contributed by atoms with Crippen molar-refractivity contribution < 1.29 is 9.59 Å². The summed E-state index contributed by atoms with van der Waals surface area (Å²) < 4.78 is 0. The number of piperidine rings is 1. The maximum Gasteiger partial charge on any atom is 0.234 e. The summed E-state index contributed by atoms with van der Waals surface area (Å²) in [6.45, 7) is 1.77. The van der Waals surface area contributed by atoms with Crippen LogP contribution in [0.15, 0.2) is 78.9 Å². The maximum absolute atomic E-state index is 12.4. The van der Waals surface area contributed by atoms with E-state index in [0.29, 0.717) is 11.4 Å². The summed E-state index contributed by atoms with van der Waals surface area (Å²) in [6.07, 6.45) is 2.73. The molecule has 0 aromatic heterocycles. The highest BCUT2D eigenvalue weighted by Gasteiger charge is 2.24. The molecule has 35 heavy (non-hydrogen) atoms. The highest BCUT2D eigenvalue weighted by atomic mass is 35.5. The van der Waals surface area contributed by atoms with E-state index in [9.17, 15) is 9.59 Å². The Kier molecular flexibility index (Phi) is 8.40. The van der Waals surface area contributed by atoms with Gasteiger partial charge >= 0.3 is 0 Å². The van der Waals surface area contributed by atoms with Gasteiger partial charge in [-0.1, -0.05) is 54.1 Å². The normalized spacial score (nSPS) is 14.9. The Hall–Kier alpha value is -3.35. The quantitative estimate of drug-likeness (QED) is 0.420. The van der Waals surface area contributed by atoms with Crippen molar-refractivity contribution in [2.75, 3.05) is 23.3 Å². The lowest BCUT2D eigenvalue weighted by molar-refractivity contribution is -0.120. The van der Waals surface area contributed by atoms with Crippen LogP contribution in [0.2, 0.25) is 5.02 Å². The lowest BCUT2D eigenvalue weighted by Gasteiger charge is -2.35. The number of carbonyl (C=O) groups is 2. The van der Waals surface area contributed by atoms with E-state index in [0.717, 1.165) is 48.4 Å². The Balaban J connectivity index is 1.26. The predicted octanol–water partition coefficient (Wildman–Crippen LogP) is 4.18. The molecule has 0 bridgehead atoms. The highest BCUT2D eigenvalue weighted by molar-refractivity contribution is 6.30. The van der Waals surface area contributed by atoms with Gasteiger partial charge in [0.05, 0.1) is 12.5 Å². The second kappa shape index (κ2) is 11.9. The number of carbonyl (C=O) groups excluding carboxylic acids is 2. The molecule has 7 heteroatoms. The molecule has 0 spiro atoms. The molecule has 182 valence electrons. The van der Waals surface area contributed by atoms with Gasteiger partial charge in [0.2, 0.25) is 11.8 Å². The Morgan fingerprint density at radius 3 is 2.29 bits per heavy atom. The fourth-order valence-electron chi connectivity index (χ4n) is 4.47. The molecule has 0 unspecified atom stereocenters. The molecular weight excluding hydrogens is 460 g/mol. The smallest absolute Gasteiger partial charge is 0.234 e. The van der Waals surface area contributed by atoms with E-state index in [2.05, 4.69) is 15.5 Å². The van der Waals surface area contributed by atoms with Gasteiger partial charge < -0.3 is 21.3 Å². The first-order valence-corrected chi connectivity index (χ1v) is 12.3. The average molecular weight is 491 g/mol. The third kappa shape index (κ3) is 7.31. The van der Waals surface area contributed by atoms with Crippen LogP contribution in [-0.4, -0.2) is 37.0 Å². The lowest BCUT2D eigenvalue weighted by Crippen LogP contribution is -2.51. The SMILES string of the molecule is NC(=O)[C@H](Cc1ccccc1)NC1CCN(c2ccc(NC(=O)Cc3cccc(Cl)c3)cc2)CC1. The second-order valence-electron chi connectivity index (χ2n) is 8.97. The Morgan fingerprint density at radius 2 is 1.63 bits per heavy atom. The van der Waals surface area contributed by atoms with Crippen LogP contribution >= 0.6 is 11.6 Å². The van der Waals surface area contributed by atoms with Crippen molar-refractivity contribution in [2.45, 2.75) is 37.8 Å². The molecule has 0 aliphatic carbocycles. The Bertz CT molecular complexity index is 1130. The number of hydrogen-bond donors (Lipinski definition) is 3. The first-order chi connectivity index (χ1) is 17.0. The summed E-state index contributed by atoms with van der Waals surface area (Å²) in [5, 5.41) is 7.04. The van der Waals surface area contributed by atoms with Crippen LogP contribution in [0, 0.1) is 0 Å². The lowest BCUT2D eigenvalue weighted by atomic mass is 10.00. The van der Waals surface area contributed by atoms with Crippen LogP contribution in [0.1, 0.15) is 24.0 Å². The molecule has 0 saturated carbocycles. The third-order valence-corrected chi connectivity index (χ3v) is 6.56. The first-order valence-electron chi connectivity index (χ1n) is 11.9. The molecule has 1 heterocycles. The summed E-state index contributed by atoms with van der Waals surface area (Å²) in [5.74, 6) is -0.393. The monoisotopic (exact) mass is 490 g/mol. The molecule has 4 rings (SSSR count). The molecule has 1 saturated heterocycles. The number of nitrogens with zero attached hydrogens (tertiary/aromatic N) is 1. The molecule has 6 nitrogen and oxygen atoms in total. The largest absolute Gasteiger partial charge is 0.371 e. The number of benzene rings is 3. The Morgan fingerprint density at radius 1 is 0.943 bits per heavy atom. The molecule has 4 N–H and O–H groups in total. The molecule has 1 atom stereocenters. The van der Waals surface area contributed by atoms with Crippen LogP contribution < -0.4 is 21.3 Å². The van der Waals surface area contributed by atoms with Gasteiger partial charge in [-0.3, -0.25) is 9.59 Å². The van der Waals surface area contributed by atoms with Crippen molar-refractivity contribution in [2.24, 2.45) is 5.73 Å². The zero-order chi connectivity index (χ0) is 24.6. The van der Waals surface area contributed by atoms with Gasteiger partial charge in [0.25, 0.3) is 0 Å². The second-order valence-corrected chi connectivity index (χ2v) is 9.41.